The second kappa shape index (κ2) is 9.01. The molecule has 2 unspecified atom stereocenters. The Kier molecular flexibility index (Phi) is 7.62. The fourth-order valence-corrected chi connectivity index (χ4v) is 2.40. The molecule has 0 aromatic carbocycles. The minimum absolute atomic E-state index is 0.231. The molecule has 2 atom stereocenters. The number of carbonyl (C=O) groups excluding carboxylic acids is 1. The molecule has 1 heterocycles. The van der Waals surface area contributed by atoms with Crippen LogP contribution in [0.3, 0.4) is 0 Å². The molecule has 0 amide bonds. The third-order valence-electron chi connectivity index (χ3n) is 2.44. The number of carbonyl (C=O) groups is 1. The number of nitrogens with zero attached hydrogens (tertiary/aromatic N) is 1. The molecule has 0 aliphatic carbocycles. The molecule has 19 heavy (non-hydrogen) atoms. The molecule has 0 aliphatic heterocycles. The van der Waals surface area contributed by atoms with Crippen LogP contribution in [-0.4, -0.2) is 36.9 Å². The number of aromatic nitrogens is 1. The number of ether oxygens (including phenoxy) is 3. The Morgan fingerprint density at radius 2 is 2.00 bits per heavy atom. The molecule has 0 aliphatic rings. The van der Waals surface area contributed by atoms with E-state index >= 15 is 0 Å². The van der Waals surface area contributed by atoms with E-state index < -0.39 is 6.10 Å². The van der Waals surface area contributed by atoms with Crippen molar-refractivity contribution in [1.29, 1.82) is 0 Å². The van der Waals surface area contributed by atoms with Crippen LogP contribution in [0.5, 0.6) is 0 Å². The van der Waals surface area contributed by atoms with E-state index in [4.69, 9.17) is 14.2 Å². The van der Waals surface area contributed by atoms with Crippen molar-refractivity contribution in [3.63, 3.8) is 0 Å². The second-order valence-electron chi connectivity index (χ2n) is 3.75. The summed E-state index contributed by atoms with van der Waals surface area (Å²) in [5.41, 5.74) is 0. The smallest absolute Gasteiger partial charge is 0.335 e. The number of hydrogen-bond acceptors (Lipinski definition) is 6. The Bertz CT molecular complexity index is 356. The normalized spacial score (nSPS) is 14.1. The summed E-state index contributed by atoms with van der Waals surface area (Å²) >= 11 is 1.51. The van der Waals surface area contributed by atoms with Gasteiger partial charge in [-0.2, -0.15) is 0 Å². The Morgan fingerprint density at radius 1 is 1.26 bits per heavy atom. The van der Waals surface area contributed by atoms with Gasteiger partial charge in [0.1, 0.15) is 11.1 Å². The fourth-order valence-electron chi connectivity index (χ4n) is 1.70. The first-order chi connectivity index (χ1) is 9.22. The summed E-state index contributed by atoms with van der Waals surface area (Å²) in [7, 11) is 0. The summed E-state index contributed by atoms with van der Waals surface area (Å²) in [5, 5.41) is 2.75. The first-order valence-corrected chi connectivity index (χ1v) is 7.40. The van der Waals surface area contributed by atoms with Crippen molar-refractivity contribution in [2.24, 2.45) is 0 Å². The first-order valence-electron chi connectivity index (χ1n) is 6.52. The van der Waals surface area contributed by atoms with Gasteiger partial charge in [-0.25, -0.2) is 9.78 Å². The van der Waals surface area contributed by atoms with Gasteiger partial charge in [-0.3, -0.25) is 0 Å². The fraction of sp³-hybridized carbons (Fsp3) is 0.692. The van der Waals surface area contributed by atoms with Crippen molar-refractivity contribution in [3.8, 4) is 0 Å². The number of rotatable bonds is 9. The van der Waals surface area contributed by atoms with Crippen molar-refractivity contribution >= 4 is 17.3 Å². The highest BCUT2D eigenvalue weighted by atomic mass is 32.1. The predicted molar refractivity (Wildman–Crippen MR) is 73.1 cm³/mol. The van der Waals surface area contributed by atoms with Crippen LogP contribution in [0.2, 0.25) is 0 Å². The van der Waals surface area contributed by atoms with E-state index in [0.717, 1.165) is 5.01 Å². The Labute approximate surface area is 117 Å². The Hall–Kier alpha value is -0.980. The monoisotopic (exact) mass is 287 g/mol. The summed E-state index contributed by atoms with van der Waals surface area (Å²) < 4.78 is 16.1. The lowest BCUT2D eigenvalue weighted by Gasteiger charge is -2.21. The molecular weight excluding hydrogens is 266 g/mol. The van der Waals surface area contributed by atoms with Crippen LogP contribution < -0.4 is 0 Å². The molecule has 6 heteroatoms. The Balaban J connectivity index is 2.70. The summed E-state index contributed by atoms with van der Waals surface area (Å²) in [6.45, 7) is 6.92. The zero-order chi connectivity index (χ0) is 14.1. The van der Waals surface area contributed by atoms with E-state index in [0.29, 0.717) is 26.2 Å². The van der Waals surface area contributed by atoms with Gasteiger partial charge in [0.05, 0.1) is 6.61 Å². The zero-order valence-electron chi connectivity index (χ0n) is 11.6. The summed E-state index contributed by atoms with van der Waals surface area (Å²) in [6.07, 6.45) is 1.32. The van der Waals surface area contributed by atoms with E-state index in [1.807, 2.05) is 19.2 Å². The summed E-state index contributed by atoms with van der Waals surface area (Å²) in [5.74, 6) is -0.342. The van der Waals surface area contributed by atoms with Crippen molar-refractivity contribution in [2.75, 3.05) is 19.8 Å². The minimum atomic E-state index is -0.606. The molecule has 0 fully saturated rings. The molecule has 0 radical (unpaired) electrons. The van der Waals surface area contributed by atoms with Crippen LogP contribution in [0.25, 0.3) is 0 Å². The van der Waals surface area contributed by atoms with Crippen molar-refractivity contribution in [3.05, 3.63) is 16.6 Å². The van der Waals surface area contributed by atoms with Crippen LogP contribution in [-0.2, 0) is 19.0 Å². The van der Waals surface area contributed by atoms with Crippen LogP contribution in [0.1, 0.15) is 38.3 Å². The highest BCUT2D eigenvalue weighted by Crippen LogP contribution is 2.26. The van der Waals surface area contributed by atoms with Gasteiger partial charge in [-0.15, -0.1) is 11.3 Å². The molecule has 1 rings (SSSR count). The van der Waals surface area contributed by atoms with E-state index in [1.54, 1.807) is 13.1 Å². The first kappa shape index (κ1) is 16.1. The van der Waals surface area contributed by atoms with Gasteiger partial charge in [0, 0.05) is 31.2 Å². The topological polar surface area (TPSA) is 57.7 Å². The third kappa shape index (κ3) is 5.26. The summed E-state index contributed by atoms with van der Waals surface area (Å²) in [6, 6.07) is 0. The SMILES string of the molecule is CCOC(=O)C(CC(OCC)c1nccs1)OCC. The van der Waals surface area contributed by atoms with Crippen molar-refractivity contribution in [1.82, 2.24) is 4.98 Å². The molecule has 1 aromatic rings. The molecule has 0 spiro atoms. The van der Waals surface area contributed by atoms with Crippen molar-refractivity contribution in [2.45, 2.75) is 39.4 Å². The largest absolute Gasteiger partial charge is 0.464 e. The maximum Gasteiger partial charge on any atom is 0.335 e. The second-order valence-corrected chi connectivity index (χ2v) is 4.67. The number of esters is 1. The van der Waals surface area contributed by atoms with Gasteiger partial charge in [-0.1, -0.05) is 0 Å². The van der Waals surface area contributed by atoms with Gasteiger partial charge in [0.15, 0.2) is 6.10 Å². The Morgan fingerprint density at radius 3 is 2.53 bits per heavy atom. The van der Waals surface area contributed by atoms with Crippen LogP contribution in [0.15, 0.2) is 11.6 Å². The molecule has 0 bridgehead atoms. The van der Waals surface area contributed by atoms with E-state index in [1.165, 1.54) is 11.3 Å². The third-order valence-corrected chi connectivity index (χ3v) is 3.31. The molecular formula is C13H21NO4S. The van der Waals surface area contributed by atoms with Gasteiger partial charge in [0.25, 0.3) is 0 Å². The molecule has 5 nitrogen and oxygen atoms in total. The van der Waals surface area contributed by atoms with E-state index in [9.17, 15) is 4.79 Å². The van der Waals surface area contributed by atoms with E-state index in [2.05, 4.69) is 4.98 Å². The number of hydrogen-bond donors (Lipinski definition) is 0. The van der Waals surface area contributed by atoms with Crippen LogP contribution in [0, 0.1) is 0 Å². The summed E-state index contributed by atoms with van der Waals surface area (Å²) in [4.78, 5) is 16.1. The van der Waals surface area contributed by atoms with Crippen LogP contribution >= 0.6 is 11.3 Å². The lowest BCUT2D eigenvalue weighted by Crippen LogP contribution is -2.29. The lowest BCUT2D eigenvalue weighted by molar-refractivity contribution is -0.159. The molecule has 0 saturated heterocycles. The average molecular weight is 287 g/mol. The van der Waals surface area contributed by atoms with Crippen molar-refractivity contribution < 1.29 is 19.0 Å². The van der Waals surface area contributed by atoms with Gasteiger partial charge < -0.3 is 14.2 Å². The zero-order valence-corrected chi connectivity index (χ0v) is 12.4. The maximum absolute atomic E-state index is 11.8. The van der Waals surface area contributed by atoms with Crippen LogP contribution in [0.4, 0.5) is 0 Å². The lowest BCUT2D eigenvalue weighted by atomic mass is 10.1. The quantitative estimate of drug-likeness (QED) is 0.653. The van der Waals surface area contributed by atoms with Gasteiger partial charge in [-0.05, 0) is 20.8 Å². The maximum atomic E-state index is 11.8. The van der Waals surface area contributed by atoms with Gasteiger partial charge in [0.2, 0.25) is 0 Å². The standard InChI is InChI=1S/C13H21NO4S/c1-4-16-10(12-14-7-8-19-12)9-11(17-5-2)13(15)18-6-3/h7-8,10-11H,4-6,9H2,1-3H3. The molecule has 1 aromatic heterocycles. The highest BCUT2D eigenvalue weighted by molar-refractivity contribution is 7.09. The minimum Gasteiger partial charge on any atom is -0.464 e. The predicted octanol–water partition coefficient (Wildman–Crippen LogP) is 2.58. The average Bonchev–Trinajstić information content (AvgIpc) is 2.91. The molecule has 0 saturated carbocycles. The number of thiazole rings is 1. The molecule has 108 valence electrons. The van der Waals surface area contributed by atoms with E-state index in [-0.39, 0.29) is 12.1 Å². The van der Waals surface area contributed by atoms with Gasteiger partial charge >= 0.3 is 5.97 Å². The molecule has 0 N–H and O–H groups in total. The highest BCUT2D eigenvalue weighted by Gasteiger charge is 2.27.